The van der Waals surface area contributed by atoms with Gasteiger partial charge in [0.1, 0.15) is 17.1 Å². The van der Waals surface area contributed by atoms with E-state index >= 15 is 0 Å². The summed E-state index contributed by atoms with van der Waals surface area (Å²) in [6, 6.07) is 9.26. The molecule has 3 amide bonds. The molecule has 0 aromatic heterocycles. The number of nitrogens with one attached hydrogen (secondary N) is 2. The monoisotopic (exact) mass is 688 g/mol. The lowest BCUT2D eigenvalue weighted by atomic mass is 9.86. The van der Waals surface area contributed by atoms with Gasteiger partial charge in [0.2, 0.25) is 5.91 Å². The zero-order chi connectivity index (χ0) is 37.0. The normalized spacial score (nSPS) is 17.1. The summed E-state index contributed by atoms with van der Waals surface area (Å²) in [6.45, 7) is 20.9. The number of dihydropyridines is 1. The van der Waals surface area contributed by atoms with Crippen LogP contribution in [0, 0.1) is 18.8 Å². The van der Waals surface area contributed by atoms with E-state index in [-0.39, 0.29) is 35.3 Å². The first kappa shape index (κ1) is 38.5. The topological polar surface area (TPSA) is 119 Å². The van der Waals surface area contributed by atoms with E-state index in [0.717, 1.165) is 41.9 Å². The number of ether oxygens (including phenoxy) is 3. The second-order valence-corrected chi connectivity index (χ2v) is 15.9. The Kier molecular flexibility index (Phi) is 12.1. The van der Waals surface area contributed by atoms with Gasteiger partial charge >= 0.3 is 6.09 Å². The smallest absolute Gasteiger partial charge is 0.410 e. The molecular formula is C40H56N4O6. The first-order chi connectivity index (χ1) is 23.3. The number of carbonyl (C=O) groups excluding carboxylic acids is 3. The van der Waals surface area contributed by atoms with Crippen molar-refractivity contribution >= 4 is 35.0 Å². The van der Waals surface area contributed by atoms with E-state index < -0.39 is 5.60 Å². The Balaban J connectivity index is 1.49. The number of anilines is 2. The number of nitrogens with zero attached hydrogens (tertiary/aromatic N) is 2. The van der Waals surface area contributed by atoms with Gasteiger partial charge < -0.3 is 29.7 Å². The number of aryl methyl sites for hydroxylation is 1. The second-order valence-electron chi connectivity index (χ2n) is 15.9. The van der Waals surface area contributed by atoms with E-state index in [0.29, 0.717) is 53.9 Å². The molecule has 10 nitrogen and oxygen atoms in total. The molecular weight excluding hydrogens is 632 g/mol. The number of rotatable bonds is 9. The number of piperidine rings is 1. The van der Waals surface area contributed by atoms with Crippen LogP contribution in [-0.2, 0) is 14.9 Å². The lowest BCUT2D eigenvalue weighted by Gasteiger charge is -2.33. The standard InChI is InChI=1S/C40H56N4O6/c1-24(2)36(45)42-32-21-29(39(5,6)7)22-33(35(32)48-11)43-37(46)28-13-12-25(3)34(20-28)49-31-18-26(4)41-30(23-31)19-27-14-16-44(17-15-27)38(47)50-40(8,9)10/h12-13,20-24,26-27H,14-19H2,1-11H3,(H,42,45)(H,43,46). The number of carbonyl (C=O) groups is 3. The number of hydrogen-bond acceptors (Lipinski definition) is 7. The number of benzene rings is 2. The van der Waals surface area contributed by atoms with Gasteiger partial charge in [-0.2, -0.15) is 0 Å². The van der Waals surface area contributed by atoms with Crippen molar-refractivity contribution in [1.82, 2.24) is 4.90 Å². The van der Waals surface area contributed by atoms with E-state index in [9.17, 15) is 14.4 Å². The minimum absolute atomic E-state index is 0.0616. The molecule has 0 spiro atoms. The molecule has 1 unspecified atom stereocenters. The third kappa shape index (κ3) is 10.3. The molecule has 1 atom stereocenters. The maximum absolute atomic E-state index is 13.7. The van der Waals surface area contributed by atoms with Crippen molar-refractivity contribution in [2.75, 3.05) is 30.8 Å². The Bertz CT molecular complexity index is 1640. The van der Waals surface area contributed by atoms with Crippen molar-refractivity contribution in [3.63, 3.8) is 0 Å². The van der Waals surface area contributed by atoms with Gasteiger partial charge in [-0.25, -0.2) is 4.79 Å². The van der Waals surface area contributed by atoms with E-state index in [1.165, 1.54) is 7.11 Å². The molecule has 2 N–H and O–H groups in total. The quantitative estimate of drug-likeness (QED) is 0.272. The van der Waals surface area contributed by atoms with Gasteiger partial charge in [0.25, 0.3) is 5.91 Å². The molecule has 0 aliphatic carbocycles. The molecule has 10 heteroatoms. The van der Waals surface area contributed by atoms with Crippen LogP contribution in [0.4, 0.5) is 16.2 Å². The summed E-state index contributed by atoms with van der Waals surface area (Å²) < 4.78 is 17.7. The van der Waals surface area contributed by atoms with Gasteiger partial charge in [0, 0.05) is 36.7 Å². The van der Waals surface area contributed by atoms with Crippen molar-refractivity contribution in [3.05, 3.63) is 58.9 Å². The highest BCUT2D eigenvalue weighted by Crippen LogP contribution is 2.39. The molecule has 4 rings (SSSR count). The van der Waals surface area contributed by atoms with Gasteiger partial charge in [0.05, 0.1) is 24.5 Å². The third-order valence-electron chi connectivity index (χ3n) is 8.86. The van der Waals surface area contributed by atoms with Gasteiger partial charge in [0.15, 0.2) is 5.75 Å². The van der Waals surface area contributed by atoms with Crippen molar-refractivity contribution < 1.29 is 28.6 Å². The van der Waals surface area contributed by atoms with Crippen molar-refractivity contribution in [1.29, 1.82) is 0 Å². The predicted octanol–water partition coefficient (Wildman–Crippen LogP) is 8.68. The highest BCUT2D eigenvalue weighted by Gasteiger charge is 2.28. The summed E-state index contributed by atoms with van der Waals surface area (Å²) in [5, 5.41) is 5.99. The first-order valence-electron chi connectivity index (χ1n) is 17.7. The minimum Gasteiger partial charge on any atom is -0.492 e. The van der Waals surface area contributed by atoms with Crippen LogP contribution in [0.2, 0.25) is 0 Å². The zero-order valence-corrected chi connectivity index (χ0v) is 31.8. The molecule has 2 aromatic carbocycles. The molecule has 2 aromatic rings. The molecule has 50 heavy (non-hydrogen) atoms. The maximum atomic E-state index is 13.7. The fourth-order valence-electron chi connectivity index (χ4n) is 5.96. The van der Waals surface area contributed by atoms with Crippen LogP contribution >= 0.6 is 0 Å². The summed E-state index contributed by atoms with van der Waals surface area (Å²) >= 11 is 0. The molecule has 272 valence electrons. The van der Waals surface area contributed by atoms with Gasteiger partial charge in [-0.3, -0.25) is 14.6 Å². The Morgan fingerprint density at radius 3 is 2.20 bits per heavy atom. The maximum Gasteiger partial charge on any atom is 0.410 e. The van der Waals surface area contributed by atoms with E-state index in [2.05, 4.69) is 38.3 Å². The molecule has 0 bridgehead atoms. The Morgan fingerprint density at radius 2 is 1.62 bits per heavy atom. The average Bonchev–Trinajstić information content (AvgIpc) is 3.00. The molecule has 0 saturated carbocycles. The first-order valence-corrected chi connectivity index (χ1v) is 17.7. The number of allylic oxidation sites excluding steroid dienone is 1. The fourth-order valence-corrected chi connectivity index (χ4v) is 5.96. The lowest BCUT2D eigenvalue weighted by Crippen LogP contribution is -2.42. The predicted molar refractivity (Wildman–Crippen MR) is 200 cm³/mol. The number of methoxy groups -OCH3 is 1. The van der Waals surface area contributed by atoms with Crippen molar-refractivity contribution in [3.8, 4) is 11.5 Å². The average molecular weight is 689 g/mol. The molecule has 1 saturated heterocycles. The number of likely N-dealkylation sites (tertiary alicyclic amines) is 1. The Morgan fingerprint density at radius 1 is 0.980 bits per heavy atom. The number of aliphatic imine (C=N–C) groups is 1. The van der Waals surface area contributed by atoms with Crippen LogP contribution in [0.1, 0.15) is 109 Å². The highest BCUT2D eigenvalue weighted by molar-refractivity contribution is 6.06. The van der Waals surface area contributed by atoms with E-state index in [4.69, 9.17) is 19.2 Å². The van der Waals surface area contributed by atoms with Crippen LogP contribution in [0.5, 0.6) is 11.5 Å². The van der Waals surface area contributed by atoms with Crippen LogP contribution in [0.25, 0.3) is 0 Å². The third-order valence-corrected chi connectivity index (χ3v) is 8.86. The van der Waals surface area contributed by atoms with E-state index in [1.807, 2.05) is 65.8 Å². The summed E-state index contributed by atoms with van der Waals surface area (Å²) in [5.41, 5.74) is 3.47. The van der Waals surface area contributed by atoms with Gasteiger partial charge in [-0.15, -0.1) is 0 Å². The SMILES string of the molecule is COc1c(NC(=O)c2ccc(C)c(OC3=CC(CC4CCN(C(=O)OC(C)(C)C)CC4)=NC(C)C3)c2)cc(C(C)(C)C)cc1NC(=O)C(C)C. The van der Waals surface area contributed by atoms with E-state index in [1.54, 1.807) is 17.0 Å². The minimum atomic E-state index is -0.507. The van der Waals surface area contributed by atoms with Crippen molar-refractivity contribution in [2.24, 2.45) is 16.8 Å². The zero-order valence-electron chi connectivity index (χ0n) is 31.8. The summed E-state index contributed by atoms with van der Waals surface area (Å²) in [7, 11) is 1.52. The molecule has 1 fully saturated rings. The molecule has 0 radical (unpaired) electrons. The molecule has 2 heterocycles. The molecule has 2 aliphatic rings. The lowest BCUT2D eigenvalue weighted by molar-refractivity contribution is -0.118. The second kappa shape index (κ2) is 15.7. The largest absolute Gasteiger partial charge is 0.492 e. The Labute approximate surface area is 298 Å². The molecule has 2 aliphatic heterocycles. The van der Waals surface area contributed by atoms with Crippen molar-refractivity contribution in [2.45, 2.75) is 112 Å². The summed E-state index contributed by atoms with van der Waals surface area (Å²) in [4.78, 5) is 45.6. The van der Waals surface area contributed by atoms with Crippen LogP contribution in [-0.4, -0.2) is 60.4 Å². The Hall–Kier alpha value is -4.34. The fraction of sp³-hybridized carbons (Fsp3) is 0.550. The van der Waals surface area contributed by atoms with Crippen LogP contribution in [0.15, 0.2) is 47.2 Å². The van der Waals surface area contributed by atoms with Crippen LogP contribution < -0.4 is 20.1 Å². The van der Waals surface area contributed by atoms with Gasteiger partial charge in [-0.05, 0) is 107 Å². The number of hydrogen-bond donors (Lipinski definition) is 2. The van der Waals surface area contributed by atoms with Crippen LogP contribution in [0.3, 0.4) is 0 Å². The summed E-state index contributed by atoms with van der Waals surface area (Å²) in [5.74, 6) is 1.50. The highest BCUT2D eigenvalue weighted by atomic mass is 16.6. The number of amides is 3. The summed E-state index contributed by atoms with van der Waals surface area (Å²) in [6.07, 6.45) is 5.03. The van der Waals surface area contributed by atoms with Gasteiger partial charge in [-0.1, -0.05) is 40.7 Å².